The number of rotatable bonds is 5. The minimum absolute atomic E-state index is 0.614. The third-order valence-corrected chi connectivity index (χ3v) is 8.44. The van der Waals surface area contributed by atoms with E-state index in [1.165, 1.54) is 0 Å². The third-order valence-electron chi connectivity index (χ3n) is 8.44. The molecule has 0 bridgehead atoms. The molecule has 0 aliphatic rings. The van der Waals surface area contributed by atoms with Crippen molar-refractivity contribution in [2.24, 2.45) is 0 Å². The van der Waals surface area contributed by atoms with Crippen LogP contribution in [-0.4, -0.2) is 34.9 Å². The molecule has 0 radical (unpaired) electrons. The Morgan fingerprint density at radius 1 is 0.312 bits per heavy atom. The largest absolute Gasteiger partial charge is 0.252 e. The highest BCUT2D eigenvalue weighted by atomic mass is 15.0. The summed E-state index contributed by atoms with van der Waals surface area (Å²) in [6.07, 6.45) is 5.24. The molecule has 0 fully saturated rings. The van der Waals surface area contributed by atoms with Crippen molar-refractivity contribution in [3.63, 3.8) is 0 Å². The lowest BCUT2D eigenvalue weighted by Gasteiger charge is -2.11. The lowest BCUT2D eigenvalue weighted by molar-refractivity contribution is 1.07. The molecule has 0 saturated carbocycles. The van der Waals surface area contributed by atoms with Crippen molar-refractivity contribution in [1.82, 2.24) is 34.9 Å². The van der Waals surface area contributed by atoms with Crippen LogP contribution in [0, 0.1) is 0 Å². The first-order valence-electron chi connectivity index (χ1n) is 15.6. The quantitative estimate of drug-likeness (QED) is 0.178. The Kier molecular flexibility index (Phi) is 6.64. The number of hydrogen-bond donors (Lipinski definition) is 0. The second kappa shape index (κ2) is 11.6. The number of benzene rings is 6. The van der Waals surface area contributed by atoms with E-state index in [4.69, 9.17) is 24.9 Å². The van der Waals surface area contributed by atoms with Crippen LogP contribution in [0.3, 0.4) is 0 Å². The first kappa shape index (κ1) is 27.6. The molecule has 48 heavy (non-hydrogen) atoms. The van der Waals surface area contributed by atoms with Crippen molar-refractivity contribution in [2.45, 2.75) is 0 Å². The van der Waals surface area contributed by atoms with Crippen molar-refractivity contribution in [3.05, 3.63) is 152 Å². The summed E-state index contributed by atoms with van der Waals surface area (Å²) in [5.41, 5.74) is 9.74. The van der Waals surface area contributed by atoms with Crippen LogP contribution < -0.4 is 0 Å². The predicted octanol–water partition coefficient (Wildman–Crippen LogP) is 9.25. The Morgan fingerprint density at radius 3 is 1.42 bits per heavy atom. The highest BCUT2D eigenvalue weighted by molar-refractivity contribution is 6.20. The molecule has 0 unspecified atom stereocenters. The van der Waals surface area contributed by atoms with E-state index in [0.29, 0.717) is 17.5 Å². The van der Waals surface area contributed by atoms with Crippen molar-refractivity contribution >= 4 is 32.8 Å². The van der Waals surface area contributed by atoms with Gasteiger partial charge in [-0.05, 0) is 23.3 Å². The standard InChI is InChI=1S/C41H25N7/c1-3-11-26(12-4-1)39-46-40(27-13-5-2-6-14-27)48-41(47-39)31-18-10-16-29(24-31)28-15-9-17-30(23-28)34-25-44-38-36(45-34)33-20-8-7-19-32(33)35-37(38)43-22-21-42-35/h1-25H. The van der Waals surface area contributed by atoms with E-state index in [9.17, 15) is 0 Å². The molecule has 0 N–H and O–H groups in total. The van der Waals surface area contributed by atoms with Gasteiger partial charge >= 0.3 is 0 Å². The monoisotopic (exact) mass is 615 g/mol. The summed E-state index contributed by atoms with van der Waals surface area (Å²) in [5.74, 6) is 1.88. The van der Waals surface area contributed by atoms with Crippen LogP contribution in [0.4, 0.5) is 0 Å². The van der Waals surface area contributed by atoms with E-state index in [1.54, 1.807) is 12.4 Å². The van der Waals surface area contributed by atoms with Gasteiger partial charge in [0, 0.05) is 45.4 Å². The van der Waals surface area contributed by atoms with E-state index >= 15 is 0 Å². The zero-order chi connectivity index (χ0) is 31.9. The Morgan fingerprint density at radius 2 is 0.771 bits per heavy atom. The molecule has 6 aromatic carbocycles. The molecule has 0 amide bonds. The van der Waals surface area contributed by atoms with Gasteiger partial charge in [0.05, 0.1) is 22.9 Å². The molecule has 9 rings (SSSR count). The van der Waals surface area contributed by atoms with Gasteiger partial charge in [0.2, 0.25) is 0 Å². The van der Waals surface area contributed by atoms with Gasteiger partial charge in [0.1, 0.15) is 11.0 Å². The summed E-state index contributed by atoms with van der Waals surface area (Å²) in [5, 5.41) is 2.01. The Balaban J connectivity index is 1.14. The van der Waals surface area contributed by atoms with Gasteiger partial charge in [0.25, 0.3) is 0 Å². The van der Waals surface area contributed by atoms with E-state index in [2.05, 4.69) is 58.5 Å². The predicted molar refractivity (Wildman–Crippen MR) is 191 cm³/mol. The molecular formula is C41H25N7. The molecule has 7 heteroatoms. The number of hydrogen-bond acceptors (Lipinski definition) is 7. The normalized spacial score (nSPS) is 11.3. The van der Waals surface area contributed by atoms with E-state index in [1.807, 2.05) is 91.1 Å². The number of nitrogens with zero attached hydrogens (tertiary/aromatic N) is 7. The first-order valence-corrected chi connectivity index (χ1v) is 15.6. The summed E-state index contributed by atoms with van der Waals surface area (Å²) in [6, 6.07) is 44.9. The fraction of sp³-hybridized carbons (Fsp3) is 0. The molecule has 3 aromatic heterocycles. The Bertz CT molecular complexity index is 2530. The van der Waals surface area contributed by atoms with Gasteiger partial charge in [-0.15, -0.1) is 0 Å². The summed E-state index contributed by atoms with van der Waals surface area (Å²) in [4.78, 5) is 33.9. The molecule has 224 valence electrons. The van der Waals surface area contributed by atoms with Crippen LogP contribution in [0.25, 0.3) is 89.4 Å². The molecule has 0 atom stereocenters. The average molecular weight is 616 g/mol. The SMILES string of the molecule is c1ccc(-c2nc(-c3ccccc3)nc(-c3cccc(-c4cccc(-c5cnc6c(n5)c5ccccc5c5nccnc56)c4)c3)n2)cc1. The van der Waals surface area contributed by atoms with E-state index in [0.717, 1.165) is 71.9 Å². The fourth-order valence-electron chi connectivity index (χ4n) is 6.13. The van der Waals surface area contributed by atoms with Crippen LogP contribution in [0.5, 0.6) is 0 Å². The highest BCUT2D eigenvalue weighted by Crippen LogP contribution is 2.34. The zero-order valence-electron chi connectivity index (χ0n) is 25.6. The minimum Gasteiger partial charge on any atom is -0.252 e. The molecule has 0 aliphatic carbocycles. The van der Waals surface area contributed by atoms with Crippen molar-refractivity contribution in [2.75, 3.05) is 0 Å². The highest BCUT2D eigenvalue weighted by Gasteiger charge is 2.15. The minimum atomic E-state index is 0.614. The van der Waals surface area contributed by atoms with Crippen LogP contribution >= 0.6 is 0 Å². The summed E-state index contributed by atoms with van der Waals surface area (Å²) in [7, 11) is 0. The van der Waals surface area contributed by atoms with Crippen molar-refractivity contribution in [1.29, 1.82) is 0 Å². The molecule has 0 saturated heterocycles. The summed E-state index contributed by atoms with van der Waals surface area (Å²) in [6.45, 7) is 0. The molecular weight excluding hydrogens is 591 g/mol. The van der Waals surface area contributed by atoms with Gasteiger partial charge in [-0.3, -0.25) is 9.97 Å². The average Bonchev–Trinajstić information content (AvgIpc) is 3.18. The second-order valence-electron chi connectivity index (χ2n) is 11.5. The lowest BCUT2D eigenvalue weighted by atomic mass is 9.99. The van der Waals surface area contributed by atoms with Crippen LogP contribution in [0.2, 0.25) is 0 Å². The van der Waals surface area contributed by atoms with E-state index in [-0.39, 0.29) is 0 Å². The summed E-state index contributed by atoms with van der Waals surface area (Å²) < 4.78 is 0. The van der Waals surface area contributed by atoms with E-state index < -0.39 is 0 Å². The third kappa shape index (κ3) is 4.91. The maximum atomic E-state index is 5.14. The Labute approximate surface area is 275 Å². The number of aromatic nitrogens is 7. The van der Waals surface area contributed by atoms with Gasteiger partial charge in [-0.2, -0.15) is 0 Å². The van der Waals surface area contributed by atoms with Crippen molar-refractivity contribution < 1.29 is 0 Å². The van der Waals surface area contributed by atoms with Crippen LogP contribution in [0.1, 0.15) is 0 Å². The maximum absolute atomic E-state index is 5.14. The molecule has 0 spiro atoms. The van der Waals surface area contributed by atoms with Gasteiger partial charge < -0.3 is 0 Å². The van der Waals surface area contributed by atoms with Crippen LogP contribution in [0.15, 0.2) is 152 Å². The van der Waals surface area contributed by atoms with Crippen molar-refractivity contribution in [3.8, 4) is 56.5 Å². The smallest absolute Gasteiger partial charge is 0.164 e. The second-order valence-corrected chi connectivity index (χ2v) is 11.5. The van der Waals surface area contributed by atoms with Gasteiger partial charge in [0.15, 0.2) is 17.5 Å². The first-order chi connectivity index (χ1) is 23.8. The lowest BCUT2D eigenvalue weighted by Crippen LogP contribution is -2.00. The summed E-state index contributed by atoms with van der Waals surface area (Å²) >= 11 is 0. The Hall–Kier alpha value is -6.73. The maximum Gasteiger partial charge on any atom is 0.164 e. The molecule has 3 heterocycles. The number of fused-ring (bicyclic) bond motifs is 6. The van der Waals surface area contributed by atoms with Gasteiger partial charge in [-0.25, -0.2) is 24.9 Å². The molecule has 9 aromatic rings. The zero-order valence-corrected chi connectivity index (χ0v) is 25.6. The topological polar surface area (TPSA) is 90.2 Å². The molecule has 0 aliphatic heterocycles. The fourth-order valence-corrected chi connectivity index (χ4v) is 6.13. The molecule has 7 nitrogen and oxygen atoms in total. The van der Waals surface area contributed by atoms with Gasteiger partial charge in [-0.1, -0.05) is 121 Å². The van der Waals surface area contributed by atoms with Crippen LogP contribution in [-0.2, 0) is 0 Å².